The molecule has 0 heterocycles. The molecule has 0 bridgehead atoms. The van der Waals surface area contributed by atoms with Crippen LogP contribution in [0.25, 0.3) is 0 Å². The van der Waals surface area contributed by atoms with Gasteiger partial charge in [-0.3, -0.25) is 9.59 Å². The lowest BCUT2D eigenvalue weighted by molar-refractivity contribution is -0.146. The minimum atomic E-state index is -0.505. The zero-order valence-corrected chi connectivity index (χ0v) is 9.12. The number of rotatable bonds is 8. The first kappa shape index (κ1) is 13.9. The summed E-state index contributed by atoms with van der Waals surface area (Å²) < 4.78 is 9.75. The molecule has 0 unspecified atom stereocenters. The topological polar surface area (TPSA) is 90.7 Å². The number of carbonyl (C=O) groups excluding carboxylic acids is 2. The molecule has 3 N–H and O–H groups in total. The summed E-state index contributed by atoms with van der Waals surface area (Å²) in [4.78, 5) is 21.3. The van der Waals surface area contributed by atoms with E-state index in [4.69, 9.17) is 15.2 Å². The number of esters is 1. The number of hydrogen-bond acceptors (Lipinski definition) is 5. The van der Waals surface area contributed by atoms with Crippen LogP contribution >= 0.6 is 0 Å². The molecule has 0 aliphatic heterocycles. The molecule has 0 saturated heterocycles. The van der Waals surface area contributed by atoms with Crippen LogP contribution in [0.1, 0.15) is 13.8 Å². The molecule has 0 aliphatic rings. The molecule has 0 saturated carbocycles. The molecule has 88 valence electrons. The number of primary amides is 1. The third kappa shape index (κ3) is 10.8. The lowest BCUT2D eigenvalue weighted by Crippen LogP contribution is -2.30. The number of hydrogen-bond donors (Lipinski definition) is 2. The van der Waals surface area contributed by atoms with Crippen LogP contribution in [0.4, 0.5) is 0 Å². The van der Waals surface area contributed by atoms with Crippen LogP contribution in [0.3, 0.4) is 0 Å². The van der Waals surface area contributed by atoms with Gasteiger partial charge in [0, 0.05) is 6.54 Å². The van der Waals surface area contributed by atoms with Crippen molar-refractivity contribution < 1.29 is 19.1 Å². The Labute approximate surface area is 89.1 Å². The molecule has 0 aromatic rings. The molecule has 1 amide bonds. The predicted octanol–water partition coefficient (Wildman–Crippen LogP) is -0.970. The Hall–Kier alpha value is -1.14. The molecule has 0 aromatic heterocycles. The molecule has 15 heavy (non-hydrogen) atoms. The number of nitrogens with one attached hydrogen (secondary N) is 1. The van der Waals surface area contributed by atoms with E-state index in [-0.39, 0.29) is 25.2 Å². The second-order valence-corrected chi connectivity index (χ2v) is 3.23. The Morgan fingerprint density at radius 1 is 1.40 bits per heavy atom. The second-order valence-electron chi connectivity index (χ2n) is 3.23. The first-order chi connectivity index (χ1) is 7.02. The number of carbonyl (C=O) groups is 2. The van der Waals surface area contributed by atoms with E-state index in [0.717, 1.165) is 0 Å². The fourth-order valence-corrected chi connectivity index (χ4v) is 0.812. The van der Waals surface area contributed by atoms with Crippen LogP contribution in [-0.2, 0) is 19.1 Å². The third-order valence-electron chi connectivity index (χ3n) is 1.30. The van der Waals surface area contributed by atoms with Crippen molar-refractivity contribution in [1.29, 1.82) is 0 Å². The van der Waals surface area contributed by atoms with E-state index < -0.39 is 5.91 Å². The van der Waals surface area contributed by atoms with Gasteiger partial charge in [0.05, 0.1) is 19.3 Å². The smallest absolute Gasteiger partial charge is 0.320 e. The molecule has 6 nitrogen and oxygen atoms in total. The Morgan fingerprint density at radius 2 is 2.07 bits per heavy atom. The maximum Gasteiger partial charge on any atom is 0.320 e. The molecule has 0 radical (unpaired) electrons. The van der Waals surface area contributed by atoms with Gasteiger partial charge in [-0.2, -0.15) is 0 Å². The summed E-state index contributed by atoms with van der Waals surface area (Å²) in [6.07, 6.45) is -0.106. The minimum absolute atomic E-state index is 0.0991. The molecule has 0 atom stereocenters. The molecule has 0 rings (SSSR count). The van der Waals surface area contributed by atoms with Crippen molar-refractivity contribution in [2.75, 3.05) is 26.3 Å². The van der Waals surface area contributed by atoms with Crippen molar-refractivity contribution in [2.45, 2.75) is 20.0 Å². The van der Waals surface area contributed by atoms with E-state index in [9.17, 15) is 9.59 Å². The monoisotopic (exact) mass is 218 g/mol. The number of nitrogens with two attached hydrogens (primary N) is 1. The van der Waals surface area contributed by atoms with Crippen molar-refractivity contribution in [2.24, 2.45) is 5.73 Å². The summed E-state index contributed by atoms with van der Waals surface area (Å²) >= 11 is 0. The number of amides is 1. The van der Waals surface area contributed by atoms with Gasteiger partial charge < -0.3 is 20.5 Å². The molecule has 0 spiro atoms. The molecule has 0 aliphatic carbocycles. The Morgan fingerprint density at radius 3 is 2.60 bits per heavy atom. The first-order valence-corrected chi connectivity index (χ1v) is 4.78. The van der Waals surface area contributed by atoms with E-state index in [1.165, 1.54) is 0 Å². The zero-order valence-electron chi connectivity index (χ0n) is 9.12. The van der Waals surface area contributed by atoms with E-state index in [1.807, 2.05) is 0 Å². The molecular formula is C9H18N2O4. The van der Waals surface area contributed by atoms with E-state index in [1.54, 1.807) is 13.8 Å². The van der Waals surface area contributed by atoms with E-state index in [2.05, 4.69) is 5.32 Å². The maximum absolute atomic E-state index is 11.0. The average molecular weight is 218 g/mol. The summed E-state index contributed by atoms with van der Waals surface area (Å²) in [5, 5.41) is 2.81. The van der Waals surface area contributed by atoms with Gasteiger partial charge in [-0.05, 0) is 13.8 Å². The number of ether oxygens (including phenoxy) is 2. The Kier molecular flexibility index (Phi) is 7.57. The minimum Gasteiger partial charge on any atom is -0.462 e. The SMILES string of the molecule is CC(C)OC(=O)CNCCOCC(N)=O. The third-order valence-corrected chi connectivity index (χ3v) is 1.30. The summed E-state index contributed by atoms with van der Waals surface area (Å²) in [6, 6.07) is 0. The summed E-state index contributed by atoms with van der Waals surface area (Å²) in [5.41, 5.74) is 4.85. The van der Waals surface area contributed by atoms with Gasteiger partial charge in [0.2, 0.25) is 5.91 Å². The van der Waals surface area contributed by atoms with Gasteiger partial charge in [-0.25, -0.2) is 0 Å². The quantitative estimate of drug-likeness (QED) is 0.404. The fourth-order valence-electron chi connectivity index (χ4n) is 0.812. The zero-order chi connectivity index (χ0) is 11.7. The lowest BCUT2D eigenvalue weighted by Gasteiger charge is -2.08. The molecular weight excluding hydrogens is 200 g/mol. The summed E-state index contributed by atoms with van der Waals surface area (Å²) in [7, 11) is 0. The van der Waals surface area contributed by atoms with Crippen LogP contribution < -0.4 is 11.1 Å². The van der Waals surface area contributed by atoms with Crippen LogP contribution in [0.2, 0.25) is 0 Å². The van der Waals surface area contributed by atoms with Crippen LogP contribution in [0.15, 0.2) is 0 Å². The normalized spacial score (nSPS) is 10.3. The van der Waals surface area contributed by atoms with E-state index >= 15 is 0 Å². The van der Waals surface area contributed by atoms with Gasteiger partial charge in [0.25, 0.3) is 0 Å². The highest BCUT2D eigenvalue weighted by Gasteiger charge is 2.03. The van der Waals surface area contributed by atoms with Gasteiger partial charge in [0.15, 0.2) is 0 Å². The molecule has 0 fully saturated rings. The van der Waals surface area contributed by atoms with Crippen LogP contribution in [0.5, 0.6) is 0 Å². The highest BCUT2D eigenvalue weighted by Crippen LogP contribution is 1.87. The largest absolute Gasteiger partial charge is 0.462 e. The van der Waals surface area contributed by atoms with Crippen molar-refractivity contribution in [3.8, 4) is 0 Å². The lowest BCUT2D eigenvalue weighted by atomic mass is 10.5. The Bertz CT molecular complexity index is 206. The first-order valence-electron chi connectivity index (χ1n) is 4.78. The van der Waals surface area contributed by atoms with Crippen molar-refractivity contribution in [3.05, 3.63) is 0 Å². The standard InChI is InChI=1S/C9H18N2O4/c1-7(2)15-9(13)5-11-3-4-14-6-8(10)12/h7,11H,3-6H2,1-2H3,(H2,10,12). The van der Waals surface area contributed by atoms with Crippen LogP contribution in [-0.4, -0.2) is 44.3 Å². The predicted molar refractivity (Wildman–Crippen MR) is 54.1 cm³/mol. The van der Waals surface area contributed by atoms with Gasteiger partial charge in [0.1, 0.15) is 6.61 Å². The summed E-state index contributed by atoms with van der Waals surface area (Å²) in [5.74, 6) is -0.811. The maximum atomic E-state index is 11.0. The average Bonchev–Trinajstić information content (AvgIpc) is 2.09. The van der Waals surface area contributed by atoms with Crippen molar-refractivity contribution in [3.63, 3.8) is 0 Å². The highest BCUT2D eigenvalue weighted by molar-refractivity contribution is 5.75. The fraction of sp³-hybridized carbons (Fsp3) is 0.778. The highest BCUT2D eigenvalue weighted by atomic mass is 16.5. The molecule has 6 heteroatoms. The Balaban J connectivity index is 3.24. The van der Waals surface area contributed by atoms with E-state index in [0.29, 0.717) is 13.2 Å². The van der Waals surface area contributed by atoms with Crippen molar-refractivity contribution in [1.82, 2.24) is 5.32 Å². The van der Waals surface area contributed by atoms with Crippen LogP contribution in [0, 0.1) is 0 Å². The molecule has 0 aromatic carbocycles. The van der Waals surface area contributed by atoms with Gasteiger partial charge in [-0.1, -0.05) is 0 Å². The van der Waals surface area contributed by atoms with Gasteiger partial charge in [-0.15, -0.1) is 0 Å². The second kappa shape index (κ2) is 8.19. The van der Waals surface area contributed by atoms with Gasteiger partial charge >= 0.3 is 5.97 Å². The van der Waals surface area contributed by atoms with Crippen molar-refractivity contribution >= 4 is 11.9 Å². The summed E-state index contributed by atoms with van der Waals surface area (Å²) in [6.45, 7) is 4.41.